The maximum Gasteiger partial charge on any atom is 0.302 e. The third-order valence-electron chi connectivity index (χ3n) is 0.444. The predicted molar refractivity (Wildman–Crippen MR) is 38.6 cm³/mol. The third-order valence-corrected chi connectivity index (χ3v) is 0.444. The fourth-order valence-corrected chi connectivity index (χ4v) is 0.203. The zero-order valence-corrected chi connectivity index (χ0v) is 6.29. The molecule has 0 aliphatic carbocycles. The molecule has 3 heteroatoms. The van der Waals surface area contributed by atoms with Crippen molar-refractivity contribution in [3.8, 4) is 0 Å². The Morgan fingerprint density at radius 1 is 1.70 bits per heavy atom. The summed E-state index contributed by atoms with van der Waals surface area (Å²) in [6, 6.07) is 0. The molecule has 0 aliphatic rings. The first-order chi connectivity index (χ1) is 4.68. The van der Waals surface area contributed by atoms with Crippen LogP contribution in [0.25, 0.3) is 0 Å². The lowest BCUT2D eigenvalue weighted by Gasteiger charge is -1.89. The lowest BCUT2D eigenvalue weighted by Crippen LogP contribution is -1.95. The van der Waals surface area contributed by atoms with Crippen molar-refractivity contribution in [2.24, 2.45) is 0 Å². The molecule has 58 valence electrons. The minimum Gasteiger partial charge on any atom is -0.466 e. The van der Waals surface area contributed by atoms with Gasteiger partial charge in [-0.1, -0.05) is 6.58 Å². The highest BCUT2D eigenvalue weighted by molar-refractivity contribution is 5.65. The van der Waals surface area contributed by atoms with Crippen molar-refractivity contribution in [1.29, 1.82) is 0 Å². The monoisotopic (exact) mass is 144 g/mol. The standard InChI is InChI=1S/C4H8O2.C3H4O/c1-3-6-4(2)5;1-2-3-4/h3H2,1-2H3;2-3H,1H2. The summed E-state index contributed by atoms with van der Waals surface area (Å²) in [6.07, 6.45) is 1.83. The molecule has 0 bridgehead atoms. The van der Waals surface area contributed by atoms with E-state index in [1.165, 1.54) is 13.0 Å². The molecule has 0 spiro atoms. The molecule has 0 unspecified atom stereocenters. The maximum atomic E-state index is 9.82. The van der Waals surface area contributed by atoms with Gasteiger partial charge in [0, 0.05) is 6.92 Å². The van der Waals surface area contributed by atoms with E-state index in [1.54, 1.807) is 6.92 Å². The Morgan fingerprint density at radius 3 is 2.10 bits per heavy atom. The van der Waals surface area contributed by atoms with Crippen LogP contribution in [0, 0.1) is 0 Å². The van der Waals surface area contributed by atoms with Gasteiger partial charge in [-0.15, -0.1) is 0 Å². The van der Waals surface area contributed by atoms with Crippen molar-refractivity contribution in [3.63, 3.8) is 0 Å². The van der Waals surface area contributed by atoms with Gasteiger partial charge in [0.2, 0.25) is 0 Å². The van der Waals surface area contributed by atoms with Crippen molar-refractivity contribution in [2.75, 3.05) is 6.61 Å². The van der Waals surface area contributed by atoms with E-state index < -0.39 is 0 Å². The van der Waals surface area contributed by atoms with E-state index >= 15 is 0 Å². The summed E-state index contributed by atoms with van der Waals surface area (Å²) in [6.45, 7) is 6.76. The van der Waals surface area contributed by atoms with Crippen LogP contribution in [0.15, 0.2) is 12.7 Å². The van der Waals surface area contributed by atoms with E-state index in [2.05, 4.69) is 11.3 Å². The summed E-state index contributed by atoms with van der Waals surface area (Å²) >= 11 is 0. The Labute approximate surface area is 60.7 Å². The molecule has 0 rings (SSSR count). The minimum absolute atomic E-state index is 0.211. The summed E-state index contributed by atoms with van der Waals surface area (Å²) < 4.78 is 4.40. The fourth-order valence-electron chi connectivity index (χ4n) is 0.203. The molecule has 0 radical (unpaired) electrons. The van der Waals surface area contributed by atoms with Crippen LogP contribution in [0.2, 0.25) is 0 Å². The zero-order valence-electron chi connectivity index (χ0n) is 6.29. The van der Waals surface area contributed by atoms with Crippen LogP contribution in [-0.4, -0.2) is 18.9 Å². The van der Waals surface area contributed by atoms with E-state index in [-0.39, 0.29) is 5.97 Å². The molecule has 0 fully saturated rings. The molecule has 0 heterocycles. The maximum absolute atomic E-state index is 9.82. The SMILES string of the molecule is C=CC=O.CCOC(C)=O. The first kappa shape index (κ1) is 11.6. The second-order valence-electron chi connectivity index (χ2n) is 1.30. The molecular weight excluding hydrogens is 132 g/mol. The van der Waals surface area contributed by atoms with Crippen molar-refractivity contribution in [1.82, 2.24) is 0 Å². The summed E-state index contributed by atoms with van der Waals surface area (Å²) in [5, 5.41) is 0. The first-order valence-corrected chi connectivity index (χ1v) is 2.88. The molecule has 0 N–H and O–H groups in total. The summed E-state index contributed by atoms with van der Waals surface area (Å²) in [5.41, 5.74) is 0. The van der Waals surface area contributed by atoms with E-state index in [0.717, 1.165) is 0 Å². The molecule has 0 aromatic heterocycles. The zero-order chi connectivity index (χ0) is 8.41. The number of ether oxygens (including phenoxy) is 1. The van der Waals surface area contributed by atoms with E-state index in [0.29, 0.717) is 12.9 Å². The van der Waals surface area contributed by atoms with Crippen LogP contribution >= 0.6 is 0 Å². The average molecular weight is 144 g/mol. The van der Waals surface area contributed by atoms with E-state index in [9.17, 15) is 4.79 Å². The van der Waals surface area contributed by atoms with Crippen LogP contribution in [0.4, 0.5) is 0 Å². The molecule has 0 amide bonds. The van der Waals surface area contributed by atoms with E-state index in [4.69, 9.17) is 4.79 Å². The van der Waals surface area contributed by atoms with Gasteiger partial charge in [0.25, 0.3) is 0 Å². The van der Waals surface area contributed by atoms with Crippen molar-refractivity contribution in [2.45, 2.75) is 13.8 Å². The number of carbonyl (C=O) groups excluding carboxylic acids is 2. The molecule has 0 atom stereocenters. The normalized spacial score (nSPS) is 6.60. The van der Waals surface area contributed by atoms with Crippen molar-refractivity contribution >= 4 is 12.3 Å². The lowest BCUT2D eigenvalue weighted by molar-refractivity contribution is -0.140. The van der Waals surface area contributed by atoms with Gasteiger partial charge in [-0.3, -0.25) is 9.59 Å². The summed E-state index contributed by atoms with van der Waals surface area (Å²) in [4.78, 5) is 18.9. The van der Waals surface area contributed by atoms with Crippen molar-refractivity contribution in [3.05, 3.63) is 12.7 Å². The Hall–Kier alpha value is -1.12. The molecule has 0 aliphatic heterocycles. The average Bonchev–Trinajstić information content (AvgIpc) is 1.89. The van der Waals surface area contributed by atoms with Crippen molar-refractivity contribution < 1.29 is 14.3 Å². The van der Waals surface area contributed by atoms with Gasteiger partial charge in [0.1, 0.15) is 6.29 Å². The molecule has 0 aromatic carbocycles. The number of rotatable bonds is 2. The van der Waals surface area contributed by atoms with Gasteiger partial charge in [-0.25, -0.2) is 0 Å². The number of carbonyl (C=O) groups is 2. The van der Waals surface area contributed by atoms with Gasteiger partial charge in [0.05, 0.1) is 6.61 Å². The van der Waals surface area contributed by atoms with Crippen LogP contribution in [-0.2, 0) is 14.3 Å². The van der Waals surface area contributed by atoms with Crippen LogP contribution in [0.1, 0.15) is 13.8 Å². The third kappa shape index (κ3) is 28.7. The minimum atomic E-state index is -0.211. The Morgan fingerprint density at radius 2 is 2.10 bits per heavy atom. The number of esters is 1. The predicted octanol–water partition coefficient (Wildman–Crippen LogP) is 0.941. The Bertz CT molecular complexity index is 101. The van der Waals surface area contributed by atoms with Gasteiger partial charge in [0.15, 0.2) is 0 Å². The number of aldehydes is 1. The Kier molecular flexibility index (Phi) is 12.6. The second-order valence-corrected chi connectivity index (χ2v) is 1.30. The Balaban J connectivity index is 0. The quantitative estimate of drug-likeness (QED) is 0.329. The van der Waals surface area contributed by atoms with Gasteiger partial charge in [-0.05, 0) is 13.0 Å². The highest BCUT2D eigenvalue weighted by Gasteiger charge is 1.81. The largest absolute Gasteiger partial charge is 0.466 e. The molecule has 10 heavy (non-hydrogen) atoms. The first-order valence-electron chi connectivity index (χ1n) is 2.88. The molecular formula is C7H12O3. The summed E-state index contributed by atoms with van der Waals surface area (Å²) in [7, 11) is 0. The molecule has 3 nitrogen and oxygen atoms in total. The van der Waals surface area contributed by atoms with E-state index in [1.807, 2.05) is 0 Å². The highest BCUT2D eigenvalue weighted by Crippen LogP contribution is 1.69. The molecule has 0 aromatic rings. The smallest absolute Gasteiger partial charge is 0.302 e. The lowest BCUT2D eigenvalue weighted by atomic mass is 10.8. The summed E-state index contributed by atoms with van der Waals surface area (Å²) in [5.74, 6) is -0.211. The van der Waals surface area contributed by atoms with Crippen LogP contribution in [0.5, 0.6) is 0 Å². The topological polar surface area (TPSA) is 43.4 Å². The second kappa shape index (κ2) is 10.8. The highest BCUT2D eigenvalue weighted by atomic mass is 16.5. The van der Waals surface area contributed by atoms with Crippen LogP contribution in [0.3, 0.4) is 0 Å². The molecule has 0 saturated heterocycles. The van der Waals surface area contributed by atoms with Gasteiger partial charge < -0.3 is 4.74 Å². The fraction of sp³-hybridized carbons (Fsp3) is 0.429. The molecule has 0 saturated carbocycles. The number of hydrogen-bond donors (Lipinski definition) is 0. The van der Waals surface area contributed by atoms with Gasteiger partial charge >= 0.3 is 5.97 Å². The number of allylic oxidation sites excluding steroid dienone is 1. The van der Waals surface area contributed by atoms with Gasteiger partial charge in [-0.2, -0.15) is 0 Å². The number of hydrogen-bond acceptors (Lipinski definition) is 3. The van der Waals surface area contributed by atoms with Crippen LogP contribution < -0.4 is 0 Å².